The molecule has 6 N–H and O–H groups in total. The number of anilines is 1. The van der Waals surface area contributed by atoms with Gasteiger partial charge < -0.3 is 30.8 Å². The number of pyridine rings is 1. The summed E-state index contributed by atoms with van der Waals surface area (Å²) in [6, 6.07) is 13.3. The van der Waals surface area contributed by atoms with Crippen LogP contribution in [-0.4, -0.2) is 44.1 Å². The second-order valence-corrected chi connectivity index (χ2v) is 11.6. The Hall–Kier alpha value is -3.03. The fourth-order valence-electron chi connectivity index (χ4n) is 6.13. The van der Waals surface area contributed by atoms with E-state index in [4.69, 9.17) is 10.5 Å². The molecule has 1 fully saturated rings. The number of aromatic nitrogens is 2. The average Bonchev–Trinajstić information content (AvgIpc) is 3.34. The predicted molar refractivity (Wildman–Crippen MR) is 159 cm³/mol. The molecule has 0 spiro atoms. The van der Waals surface area contributed by atoms with Crippen molar-refractivity contribution in [1.82, 2.24) is 9.97 Å². The SMILES string of the molecule is CCC1CCCC(C(O)CC(O)CCc2ccc(O)c(OCCC(Cc3ccc[nH]3)c3ccnc(N)c3)c2)CC1. The van der Waals surface area contributed by atoms with Gasteiger partial charge in [0.15, 0.2) is 11.5 Å². The average molecular weight is 550 g/mol. The molecule has 1 saturated carbocycles. The van der Waals surface area contributed by atoms with Crippen LogP contribution in [0.25, 0.3) is 0 Å². The number of nitrogens with one attached hydrogen (secondary N) is 1. The third-order valence-corrected chi connectivity index (χ3v) is 8.69. The summed E-state index contributed by atoms with van der Waals surface area (Å²) in [5, 5.41) is 31.9. The Morgan fingerprint density at radius 1 is 1.07 bits per heavy atom. The lowest BCUT2D eigenvalue weighted by molar-refractivity contribution is 0.0352. The Kier molecular flexibility index (Phi) is 11.3. The minimum Gasteiger partial charge on any atom is -0.504 e. The first-order valence-electron chi connectivity index (χ1n) is 15.1. The van der Waals surface area contributed by atoms with Crippen LogP contribution in [0.2, 0.25) is 0 Å². The first-order valence-corrected chi connectivity index (χ1v) is 15.1. The number of nitrogens with two attached hydrogens (primary N) is 1. The number of nitrogens with zero attached hydrogens (tertiary/aromatic N) is 1. The van der Waals surface area contributed by atoms with E-state index in [1.54, 1.807) is 12.3 Å². The fraction of sp³-hybridized carbons (Fsp3) is 0.545. The van der Waals surface area contributed by atoms with Gasteiger partial charge in [-0.05, 0) is 110 Å². The normalized spacial score (nSPS) is 20.0. The van der Waals surface area contributed by atoms with Crippen molar-refractivity contribution in [3.05, 3.63) is 71.7 Å². The maximum atomic E-state index is 10.8. The Morgan fingerprint density at radius 2 is 1.95 bits per heavy atom. The summed E-state index contributed by atoms with van der Waals surface area (Å²) in [6.07, 6.45) is 12.8. The Labute approximate surface area is 238 Å². The third-order valence-electron chi connectivity index (χ3n) is 8.69. The Bertz CT molecular complexity index is 1150. The van der Waals surface area contributed by atoms with E-state index in [0.29, 0.717) is 43.4 Å². The number of ether oxygens (including phenoxy) is 1. The molecule has 2 aromatic heterocycles. The highest BCUT2D eigenvalue weighted by molar-refractivity contribution is 5.42. The molecule has 0 saturated heterocycles. The first-order chi connectivity index (χ1) is 19.4. The lowest BCUT2D eigenvalue weighted by Gasteiger charge is -2.24. The van der Waals surface area contributed by atoms with Crippen molar-refractivity contribution >= 4 is 5.82 Å². The first kappa shape index (κ1) is 29.9. The van der Waals surface area contributed by atoms with Gasteiger partial charge in [-0.3, -0.25) is 0 Å². The maximum Gasteiger partial charge on any atom is 0.161 e. The number of aliphatic hydroxyl groups excluding tert-OH is 2. The summed E-state index contributed by atoms with van der Waals surface area (Å²) in [5.41, 5.74) is 9.18. The molecule has 7 nitrogen and oxygen atoms in total. The molecule has 0 aliphatic heterocycles. The van der Waals surface area contributed by atoms with Gasteiger partial charge in [-0.25, -0.2) is 4.98 Å². The summed E-state index contributed by atoms with van der Waals surface area (Å²) in [5.74, 6) is 2.31. The zero-order valence-electron chi connectivity index (χ0n) is 23.8. The van der Waals surface area contributed by atoms with Gasteiger partial charge in [-0.1, -0.05) is 38.7 Å². The molecule has 7 heteroatoms. The van der Waals surface area contributed by atoms with Gasteiger partial charge in [0, 0.05) is 18.1 Å². The lowest BCUT2D eigenvalue weighted by atomic mass is 9.89. The summed E-state index contributed by atoms with van der Waals surface area (Å²) in [6.45, 7) is 2.69. The molecular formula is C33H47N3O4. The summed E-state index contributed by atoms with van der Waals surface area (Å²) in [4.78, 5) is 7.39. The number of aliphatic hydroxyl groups is 2. The van der Waals surface area contributed by atoms with Gasteiger partial charge in [0.2, 0.25) is 0 Å². The maximum absolute atomic E-state index is 10.8. The molecule has 1 aromatic carbocycles. The Morgan fingerprint density at radius 3 is 2.73 bits per heavy atom. The van der Waals surface area contributed by atoms with E-state index in [-0.39, 0.29) is 11.7 Å². The number of aromatic amines is 1. The van der Waals surface area contributed by atoms with Crippen LogP contribution in [0.1, 0.15) is 87.4 Å². The molecular weight excluding hydrogens is 502 g/mol. The van der Waals surface area contributed by atoms with Crippen LogP contribution in [0.4, 0.5) is 5.82 Å². The zero-order chi connectivity index (χ0) is 28.3. The largest absolute Gasteiger partial charge is 0.504 e. The quantitative estimate of drug-likeness (QED) is 0.154. The van der Waals surface area contributed by atoms with E-state index in [1.165, 1.54) is 25.7 Å². The number of rotatable bonds is 14. The number of nitrogen functional groups attached to an aromatic ring is 1. The van der Waals surface area contributed by atoms with Crippen LogP contribution >= 0.6 is 0 Å². The molecule has 3 aromatic rings. The molecule has 1 aliphatic rings. The smallest absolute Gasteiger partial charge is 0.161 e. The number of aromatic hydroxyl groups is 1. The van der Waals surface area contributed by atoms with Crippen molar-refractivity contribution in [3.8, 4) is 11.5 Å². The van der Waals surface area contributed by atoms with Gasteiger partial charge in [0.25, 0.3) is 0 Å². The highest BCUT2D eigenvalue weighted by Gasteiger charge is 2.25. The molecule has 218 valence electrons. The standard InChI is InChI=1S/C33H47N3O4/c1-2-23-5-3-6-25(11-8-23)31(39)22-29(37)12-9-24-10-13-30(38)32(19-24)40-18-15-27(20-28-7-4-16-35-28)26-14-17-36-33(34)21-26/h4,7,10,13-14,16-17,19,21,23,25,27,29,31,35,37-39H,2-3,5-6,8-9,11-12,15,18,20,22H2,1H3,(H2,34,36). The van der Waals surface area contributed by atoms with E-state index < -0.39 is 12.2 Å². The number of aryl methyl sites for hydroxylation is 1. The molecule has 40 heavy (non-hydrogen) atoms. The summed E-state index contributed by atoms with van der Waals surface area (Å²) < 4.78 is 6.05. The third kappa shape index (κ3) is 9.00. The topological polar surface area (TPSA) is 125 Å². The monoisotopic (exact) mass is 549 g/mol. The van der Waals surface area contributed by atoms with Crippen molar-refractivity contribution in [2.75, 3.05) is 12.3 Å². The lowest BCUT2D eigenvalue weighted by Crippen LogP contribution is -2.26. The van der Waals surface area contributed by atoms with E-state index >= 15 is 0 Å². The van der Waals surface area contributed by atoms with Crippen LogP contribution in [0, 0.1) is 11.8 Å². The molecule has 0 bridgehead atoms. The molecule has 1 aliphatic carbocycles. The second-order valence-electron chi connectivity index (χ2n) is 11.6. The molecule has 5 unspecified atom stereocenters. The number of benzene rings is 1. The van der Waals surface area contributed by atoms with Gasteiger partial charge in [0.05, 0.1) is 18.8 Å². The van der Waals surface area contributed by atoms with Crippen molar-refractivity contribution in [2.24, 2.45) is 11.8 Å². The minimum absolute atomic E-state index is 0.104. The molecule has 0 amide bonds. The number of hydrogen-bond donors (Lipinski definition) is 5. The van der Waals surface area contributed by atoms with Gasteiger partial charge in [-0.15, -0.1) is 0 Å². The molecule has 0 radical (unpaired) electrons. The second kappa shape index (κ2) is 15.1. The van der Waals surface area contributed by atoms with E-state index in [0.717, 1.165) is 48.4 Å². The van der Waals surface area contributed by atoms with Crippen molar-refractivity contribution in [1.29, 1.82) is 0 Å². The highest BCUT2D eigenvalue weighted by Crippen LogP contribution is 2.33. The highest BCUT2D eigenvalue weighted by atomic mass is 16.5. The summed E-state index contributed by atoms with van der Waals surface area (Å²) >= 11 is 0. The van der Waals surface area contributed by atoms with Crippen molar-refractivity contribution < 1.29 is 20.1 Å². The van der Waals surface area contributed by atoms with Crippen LogP contribution < -0.4 is 10.5 Å². The van der Waals surface area contributed by atoms with E-state index in [9.17, 15) is 15.3 Å². The van der Waals surface area contributed by atoms with Crippen LogP contribution in [-0.2, 0) is 12.8 Å². The number of phenols is 1. The van der Waals surface area contributed by atoms with Crippen LogP contribution in [0.5, 0.6) is 11.5 Å². The predicted octanol–water partition coefficient (Wildman–Crippen LogP) is 6.14. The van der Waals surface area contributed by atoms with E-state index in [1.807, 2.05) is 36.5 Å². The van der Waals surface area contributed by atoms with E-state index in [2.05, 4.69) is 23.0 Å². The molecule has 4 rings (SSSR count). The minimum atomic E-state index is -0.556. The molecule has 5 atom stereocenters. The molecule has 2 heterocycles. The number of hydrogen-bond acceptors (Lipinski definition) is 6. The van der Waals surface area contributed by atoms with Crippen LogP contribution in [0.15, 0.2) is 54.9 Å². The Balaban J connectivity index is 1.28. The van der Waals surface area contributed by atoms with Crippen molar-refractivity contribution in [3.63, 3.8) is 0 Å². The van der Waals surface area contributed by atoms with Gasteiger partial charge in [0.1, 0.15) is 5.82 Å². The number of H-pyrrole nitrogens is 1. The van der Waals surface area contributed by atoms with Gasteiger partial charge in [-0.2, -0.15) is 0 Å². The van der Waals surface area contributed by atoms with Crippen molar-refractivity contribution in [2.45, 2.75) is 95.7 Å². The van der Waals surface area contributed by atoms with Crippen LogP contribution in [0.3, 0.4) is 0 Å². The zero-order valence-corrected chi connectivity index (χ0v) is 23.8. The number of phenolic OH excluding ortho intramolecular Hbond substituents is 1. The van der Waals surface area contributed by atoms with Gasteiger partial charge >= 0.3 is 0 Å². The summed E-state index contributed by atoms with van der Waals surface area (Å²) in [7, 11) is 0. The fourth-order valence-corrected chi connectivity index (χ4v) is 6.13.